The molecule has 0 saturated heterocycles. The summed E-state index contributed by atoms with van der Waals surface area (Å²) in [6, 6.07) is 12.3. The van der Waals surface area contributed by atoms with Gasteiger partial charge >= 0.3 is 0 Å². The minimum absolute atomic E-state index is 0.106. The molecule has 2 aromatic carbocycles. The summed E-state index contributed by atoms with van der Waals surface area (Å²) in [6.45, 7) is 6.11. The van der Waals surface area contributed by atoms with E-state index in [1.165, 1.54) is 14.0 Å². The Morgan fingerprint density at radius 2 is 1.67 bits per heavy atom. The number of hydrogen-bond donors (Lipinski definition) is 2. The fraction of sp³-hybridized carbons (Fsp3) is 0.304. The number of ether oxygens (including phenoxy) is 3. The summed E-state index contributed by atoms with van der Waals surface area (Å²) in [7, 11) is 3.07. The van der Waals surface area contributed by atoms with E-state index in [9.17, 15) is 9.59 Å². The molecule has 0 heterocycles. The van der Waals surface area contributed by atoms with Crippen molar-refractivity contribution in [3.63, 3.8) is 0 Å². The lowest BCUT2D eigenvalue weighted by molar-refractivity contribution is -0.120. The summed E-state index contributed by atoms with van der Waals surface area (Å²) >= 11 is 0. The molecule has 0 aliphatic rings. The molecular formula is C23H28N2O5. The van der Waals surface area contributed by atoms with E-state index in [0.717, 1.165) is 5.75 Å². The molecule has 0 aliphatic carbocycles. The molecule has 0 unspecified atom stereocenters. The highest BCUT2D eigenvalue weighted by Gasteiger charge is 2.13. The first-order chi connectivity index (χ1) is 14.3. The number of anilines is 1. The molecule has 0 radical (unpaired) electrons. The van der Waals surface area contributed by atoms with Crippen molar-refractivity contribution in [2.75, 3.05) is 26.1 Å². The van der Waals surface area contributed by atoms with Gasteiger partial charge in [-0.3, -0.25) is 9.59 Å². The second-order valence-corrected chi connectivity index (χ2v) is 7.04. The number of rotatable bonds is 9. The number of hydrogen-bond acceptors (Lipinski definition) is 5. The van der Waals surface area contributed by atoms with Crippen LogP contribution in [0, 0.1) is 5.92 Å². The molecular weight excluding hydrogens is 384 g/mol. The molecule has 7 heteroatoms. The fourth-order valence-electron chi connectivity index (χ4n) is 2.55. The number of nitrogens with one attached hydrogen (secondary N) is 2. The van der Waals surface area contributed by atoms with E-state index in [2.05, 4.69) is 24.5 Å². The smallest absolute Gasteiger partial charge is 0.272 e. The van der Waals surface area contributed by atoms with E-state index in [4.69, 9.17) is 14.2 Å². The van der Waals surface area contributed by atoms with Crippen molar-refractivity contribution in [1.82, 2.24) is 5.32 Å². The van der Waals surface area contributed by atoms with Crippen LogP contribution in [0.4, 0.5) is 5.69 Å². The second kappa shape index (κ2) is 10.9. The molecule has 0 aromatic heterocycles. The lowest BCUT2D eigenvalue weighted by Crippen LogP contribution is -2.28. The maximum Gasteiger partial charge on any atom is 0.272 e. The van der Waals surface area contributed by atoms with Crippen LogP contribution in [0.25, 0.3) is 6.08 Å². The first-order valence-electron chi connectivity index (χ1n) is 9.58. The van der Waals surface area contributed by atoms with Gasteiger partial charge in [-0.25, -0.2) is 0 Å². The third-order valence-electron chi connectivity index (χ3n) is 3.97. The molecule has 2 N–H and O–H groups in total. The third-order valence-corrected chi connectivity index (χ3v) is 3.97. The van der Waals surface area contributed by atoms with Crippen LogP contribution < -0.4 is 24.8 Å². The van der Waals surface area contributed by atoms with Gasteiger partial charge < -0.3 is 24.8 Å². The Labute approximate surface area is 177 Å². The molecule has 7 nitrogen and oxygen atoms in total. The van der Waals surface area contributed by atoms with Crippen LogP contribution in [0.5, 0.6) is 17.2 Å². The second-order valence-electron chi connectivity index (χ2n) is 7.04. The summed E-state index contributed by atoms with van der Waals surface area (Å²) in [5, 5.41) is 5.35. The largest absolute Gasteiger partial charge is 0.493 e. The van der Waals surface area contributed by atoms with Gasteiger partial charge in [0, 0.05) is 12.6 Å². The zero-order valence-corrected chi connectivity index (χ0v) is 17.9. The van der Waals surface area contributed by atoms with Crippen molar-refractivity contribution < 1.29 is 23.8 Å². The number of amides is 2. The summed E-state index contributed by atoms with van der Waals surface area (Å²) in [6.07, 6.45) is 1.57. The van der Waals surface area contributed by atoms with E-state index in [-0.39, 0.29) is 11.6 Å². The molecule has 0 atom stereocenters. The Kier molecular flexibility index (Phi) is 8.29. The molecule has 0 fully saturated rings. The Morgan fingerprint density at radius 3 is 2.23 bits per heavy atom. The van der Waals surface area contributed by atoms with Crippen LogP contribution in [0.3, 0.4) is 0 Å². The molecule has 2 aromatic rings. The van der Waals surface area contributed by atoms with Gasteiger partial charge in [-0.1, -0.05) is 19.9 Å². The summed E-state index contributed by atoms with van der Waals surface area (Å²) in [5.74, 6) is 1.44. The highest BCUT2D eigenvalue weighted by atomic mass is 16.5. The quantitative estimate of drug-likeness (QED) is 0.611. The Morgan fingerprint density at radius 1 is 1.00 bits per heavy atom. The van der Waals surface area contributed by atoms with E-state index < -0.39 is 5.91 Å². The zero-order valence-electron chi connectivity index (χ0n) is 17.9. The SMILES string of the molecule is COc1ccc(/C=C(/NC(C)=O)C(=O)Nc2ccc(OCC(C)C)cc2)cc1OC. The maximum absolute atomic E-state index is 12.7. The topological polar surface area (TPSA) is 85.9 Å². The highest BCUT2D eigenvalue weighted by Crippen LogP contribution is 2.28. The van der Waals surface area contributed by atoms with Crippen LogP contribution in [-0.4, -0.2) is 32.6 Å². The van der Waals surface area contributed by atoms with Crippen LogP contribution in [-0.2, 0) is 9.59 Å². The monoisotopic (exact) mass is 412 g/mol. The van der Waals surface area contributed by atoms with E-state index >= 15 is 0 Å². The minimum Gasteiger partial charge on any atom is -0.493 e. The van der Waals surface area contributed by atoms with Crippen LogP contribution in [0.1, 0.15) is 26.3 Å². The number of benzene rings is 2. The predicted molar refractivity (Wildman–Crippen MR) is 117 cm³/mol. The zero-order chi connectivity index (χ0) is 22.1. The summed E-state index contributed by atoms with van der Waals surface area (Å²) in [4.78, 5) is 24.4. The molecule has 0 saturated carbocycles. The van der Waals surface area contributed by atoms with Crippen LogP contribution in [0.2, 0.25) is 0 Å². The minimum atomic E-state index is -0.448. The molecule has 160 valence electrons. The van der Waals surface area contributed by atoms with Crippen molar-refractivity contribution in [1.29, 1.82) is 0 Å². The maximum atomic E-state index is 12.7. The Balaban J connectivity index is 2.19. The average Bonchev–Trinajstić information content (AvgIpc) is 2.72. The van der Waals surface area contributed by atoms with Gasteiger partial charge in [-0.05, 0) is 54.0 Å². The first-order valence-corrected chi connectivity index (χ1v) is 9.58. The lowest BCUT2D eigenvalue weighted by atomic mass is 10.1. The fourth-order valence-corrected chi connectivity index (χ4v) is 2.55. The third kappa shape index (κ3) is 6.84. The molecule has 0 bridgehead atoms. The molecule has 0 aliphatic heterocycles. The summed E-state index contributed by atoms with van der Waals surface area (Å²) in [5.41, 5.74) is 1.36. The van der Waals surface area contributed by atoms with Crippen molar-refractivity contribution in [3.05, 3.63) is 53.7 Å². The van der Waals surface area contributed by atoms with Gasteiger partial charge in [0.05, 0.1) is 20.8 Å². The predicted octanol–water partition coefficient (Wildman–Crippen LogP) is 3.85. The van der Waals surface area contributed by atoms with Crippen LogP contribution >= 0.6 is 0 Å². The van der Waals surface area contributed by atoms with Crippen molar-refractivity contribution >= 4 is 23.6 Å². The summed E-state index contributed by atoms with van der Waals surface area (Å²) < 4.78 is 16.2. The normalized spacial score (nSPS) is 11.1. The number of carbonyl (C=O) groups excluding carboxylic acids is 2. The molecule has 0 spiro atoms. The van der Waals surface area contributed by atoms with E-state index in [1.54, 1.807) is 55.7 Å². The van der Waals surface area contributed by atoms with Gasteiger partial charge in [0.2, 0.25) is 5.91 Å². The number of methoxy groups -OCH3 is 2. The number of carbonyl (C=O) groups is 2. The molecule has 2 amide bonds. The Bertz CT molecular complexity index is 904. The lowest BCUT2D eigenvalue weighted by Gasteiger charge is -2.12. The van der Waals surface area contributed by atoms with Crippen molar-refractivity contribution in [3.8, 4) is 17.2 Å². The van der Waals surface area contributed by atoms with Gasteiger partial charge in [-0.2, -0.15) is 0 Å². The van der Waals surface area contributed by atoms with Crippen molar-refractivity contribution in [2.45, 2.75) is 20.8 Å². The standard InChI is InChI=1S/C23H28N2O5/c1-15(2)14-30-19-9-7-18(8-10-19)25-23(27)20(24-16(3)26)12-17-6-11-21(28-4)22(13-17)29-5/h6-13,15H,14H2,1-5H3,(H,24,26)(H,25,27)/b20-12+. The first kappa shape index (κ1) is 22.8. The van der Waals surface area contributed by atoms with Gasteiger partial charge in [0.15, 0.2) is 11.5 Å². The van der Waals surface area contributed by atoms with Crippen molar-refractivity contribution in [2.24, 2.45) is 5.92 Å². The van der Waals surface area contributed by atoms with Gasteiger partial charge in [0.25, 0.3) is 5.91 Å². The van der Waals surface area contributed by atoms with E-state index in [1.807, 2.05) is 0 Å². The Hall–Kier alpha value is -3.48. The molecule has 2 rings (SSSR count). The van der Waals surface area contributed by atoms with E-state index in [0.29, 0.717) is 35.3 Å². The van der Waals surface area contributed by atoms with Crippen LogP contribution in [0.15, 0.2) is 48.2 Å². The average molecular weight is 412 g/mol. The molecule has 30 heavy (non-hydrogen) atoms. The highest BCUT2D eigenvalue weighted by molar-refractivity contribution is 6.08. The van der Waals surface area contributed by atoms with Gasteiger partial charge in [-0.15, -0.1) is 0 Å². The van der Waals surface area contributed by atoms with Gasteiger partial charge in [0.1, 0.15) is 11.4 Å².